The van der Waals surface area contributed by atoms with E-state index in [0.29, 0.717) is 6.07 Å². The van der Waals surface area contributed by atoms with Gasteiger partial charge in [0.2, 0.25) is 5.91 Å². The smallest absolute Gasteiger partial charge is 0.251 e. The summed E-state index contributed by atoms with van der Waals surface area (Å²) in [5.74, 6) is -6.05. The molecule has 2 aromatic rings. The van der Waals surface area contributed by atoms with Crippen LogP contribution in [0.1, 0.15) is 10.4 Å². The van der Waals surface area contributed by atoms with Crippen molar-refractivity contribution in [2.24, 2.45) is 0 Å². The van der Waals surface area contributed by atoms with Crippen LogP contribution in [0.5, 0.6) is 0 Å². The molecule has 0 bridgehead atoms. The lowest BCUT2D eigenvalue weighted by molar-refractivity contribution is -0.115. The molecule has 2 N–H and O–H groups in total. The topological polar surface area (TPSA) is 58.2 Å². The lowest BCUT2D eigenvalue weighted by Gasteiger charge is -2.09. The Balaban J connectivity index is 1.97. The summed E-state index contributed by atoms with van der Waals surface area (Å²) in [6, 6.07) is 5.66. The van der Waals surface area contributed by atoms with Crippen molar-refractivity contribution >= 4 is 40.7 Å². The van der Waals surface area contributed by atoms with E-state index in [1.165, 1.54) is 18.2 Å². The third-order valence-electron chi connectivity index (χ3n) is 2.90. The molecule has 0 atom stereocenters. The van der Waals surface area contributed by atoms with Crippen LogP contribution in [-0.4, -0.2) is 18.4 Å². The quantitative estimate of drug-likeness (QED) is 0.797. The Morgan fingerprint density at radius 3 is 2.33 bits per heavy atom. The zero-order valence-corrected chi connectivity index (χ0v) is 13.3. The van der Waals surface area contributed by atoms with Gasteiger partial charge in [0.15, 0.2) is 17.5 Å². The molecule has 9 heteroatoms. The number of carbonyl (C=O) groups is 2. The molecule has 0 fully saturated rings. The van der Waals surface area contributed by atoms with Crippen LogP contribution in [0.2, 0.25) is 10.0 Å². The van der Waals surface area contributed by atoms with Crippen molar-refractivity contribution in [1.82, 2.24) is 5.32 Å². The molecule has 0 saturated carbocycles. The monoisotopic (exact) mass is 376 g/mol. The highest BCUT2D eigenvalue weighted by Crippen LogP contribution is 2.22. The van der Waals surface area contributed by atoms with E-state index in [9.17, 15) is 22.8 Å². The van der Waals surface area contributed by atoms with Crippen LogP contribution in [0.25, 0.3) is 0 Å². The standard InChI is InChI=1S/C15H9Cl2F3N2O2/c16-8-2-1-7(5-9(8)17)15(24)21-6-12(23)22-11-4-3-10(18)13(19)14(11)20/h1-5H,6H2,(H,21,24)(H,22,23). The van der Waals surface area contributed by atoms with Gasteiger partial charge in [-0.3, -0.25) is 9.59 Å². The predicted molar refractivity (Wildman–Crippen MR) is 83.7 cm³/mol. The van der Waals surface area contributed by atoms with E-state index >= 15 is 0 Å². The van der Waals surface area contributed by atoms with Crippen LogP contribution in [0.3, 0.4) is 0 Å². The molecule has 0 aromatic heterocycles. The molecule has 0 aliphatic heterocycles. The van der Waals surface area contributed by atoms with Gasteiger partial charge in [-0.1, -0.05) is 23.2 Å². The van der Waals surface area contributed by atoms with Crippen molar-refractivity contribution in [3.05, 3.63) is 63.4 Å². The molecule has 2 aromatic carbocycles. The third kappa shape index (κ3) is 4.18. The molecule has 0 heterocycles. The average Bonchev–Trinajstić information content (AvgIpc) is 2.55. The minimum absolute atomic E-state index is 0.163. The second-order valence-corrected chi connectivity index (χ2v) is 5.40. The Bertz CT molecular complexity index is 816. The molecular weight excluding hydrogens is 368 g/mol. The highest BCUT2D eigenvalue weighted by atomic mass is 35.5. The number of carbonyl (C=O) groups excluding carboxylic acids is 2. The minimum atomic E-state index is -1.70. The van der Waals surface area contributed by atoms with Crippen molar-refractivity contribution in [1.29, 1.82) is 0 Å². The van der Waals surface area contributed by atoms with E-state index in [0.717, 1.165) is 6.07 Å². The highest BCUT2D eigenvalue weighted by Gasteiger charge is 2.16. The summed E-state index contributed by atoms with van der Waals surface area (Å²) in [7, 11) is 0. The first-order valence-corrected chi connectivity index (χ1v) is 7.21. The van der Waals surface area contributed by atoms with E-state index < -0.39 is 41.5 Å². The third-order valence-corrected chi connectivity index (χ3v) is 3.64. The molecule has 4 nitrogen and oxygen atoms in total. The Hall–Kier alpha value is -2.25. The predicted octanol–water partition coefficient (Wildman–Crippen LogP) is 3.78. The molecule has 0 spiro atoms. The summed E-state index contributed by atoms with van der Waals surface area (Å²) in [4.78, 5) is 23.5. The Kier molecular flexibility index (Phi) is 5.69. The van der Waals surface area contributed by atoms with Gasteiger partial charge in [0.1, 0.15) is 0 Å². The molecule has 0 unspecified atom stereocenters. The van der Waals surface area contributed by atoms with Crippen LogP contribution in [0.4, 0.5) is 18.9 Å². The first kappa shape index (κ1) is 18.1. The largest absolute Gasteiger partial charge is 0.343 e. The van der Waals surface area contributed by atoms with E-state index in [-0.39, 0.29) is 15.6 Å². The SMILES string of the molecule is O=C(CNC(=O)c1ccc(Cl)c(Cl)c1)Nc1ccc(F)c(F)c1F. The number of rotatable bonds is 4. The molecular formula is C15H9Cl2F3N2O2. The molecule has 2 rings (SSSR count). The number of anilines is 1. The number of amides is 2. The van der Waals surface area contributed by atoms with Crippen LogP contribution in [0.15, 0.2) is 30.3 Å². The second kappa shape index (κ2) is 7.55. The van der Waals surface area contributed by atoms with Crippen LogP contribution < -0.4 is 10.6 Å². The second-order valence-electron chi connectivity index (χ2n) is 4.58. The van der Waals surface area contributed by atoms with Crippen molar-refractivity contribution < 1.29 is 22.8 Å². The van der Waals surface area contributed by atoms with Gasteiger partial charge in [-0.2, -0.15) is 0 Å². The lowest BCUT2D eigenvalue weighted by atomic mass is 10.2. The van der Waals surface area contributed by atoms with Gasteiger partial charge in [-0.15, -0.1) is 0 Å². The van der Waals surface area contributed by atoms with E-state index in [1.54, 1.807) is 0 Å². The number of benzene rings is 2. The zero-order valence-electron chi connectivity index (χ0n) is 11.8. The van der Waals surface area contributed by atoms with Gasteiger partial charge in [0, 0.05) is 5.56 Å². The van der Waals surface area contributed by atoms with Gasteiger partial charge >= 0.3 is 0 Å². The fraction of sp³-hybridized carbons (Fsp3) is 0.0667. The maximum Gasteiger partial charge on any atom is 0.251 e. The van der Waals surface area contributed by atoms with Crippen molar-refractivity contribution in [3.63, 3.8) is 0 Å². The van der Waals surface area contributed by atoms with Crippen molar-refractivity contribution in [2.45, 2.75) is 0 Å². The Morgan fingerprint density at radius 2 is 1.67 bits per heavy atom. The first-order valence-electron chi connectivity index (χ1n) is 6.46. The van der Waals surface area contributed by atoms with Crippen LogP contribution in [0, 0.1) is 17.5 Å². The number of hydrogen-bond acceptors (Lipinski definition) is 2. The minimum Gasteiger partial charge on any atom is -0.343 e. The van der Waals surface area contributed by atoms with Crippen LogP contribution >= 0.6 is 23.2 Å². The van der Waals surface area contributed by atoms with Crippen molar-refractivity contribution in [2.75, 3.05) is 11.9 Å². The van der Waals surface area contributed by atoms with E-state index in [1.807, 2.05) is 5.32 Å². The molecule has 2 amide bonds. The first-order chi connectivity index (χ1) is 11.3. The van der Waals surface area contributed by atoms with Gasteiger partial charge in [-0.25, -0.2) is 13.2 Å². The summed E-state index contributed by atoms with van der Waals surface area (Å²) in [6.07, 6.45) is 0. The molecule has 0 saturated heterocycles. The maximum atomic E-state index is 13.4. The normalized spacial score (nSPS) is 10.4. The van der Waals surface area contributed by atoms with E-state index in [4.69, 9.17) is 23.2 Å². The van der Waals surface area contributed by atoms with Gasteiger partial charge in [0.25, 0.3) is 5.91 Å². The number of nitrogens with one attached hydrogen (secondary N) is 2. The summed E-state index contributed by atoms with van der Waals surface area (Å²) >= 11 is 11.5. The number of hydrogen-bond donors (Lipinski definition) is 2. The summed E-state index contributed by atoms with van der Waals surface area (Å²) in [5.41, 5.74) is -0.376. The molecule has 126 valence electrons. The molecule has 24 heavy (non-hydrogen) atoms. The zero-order chi connectivity index (χ0) is 17.9. The summed E-state index contributed by atoms with van der Waals surface area (Å²) in [6.45, 7) is -0.516. The van der Waals surface area contributed by atoms with E-state index in [2.05, 4.69) is 5.32 Å². The number of halogens is 5. The summed E-state index contributed by atoms with van der Waals surface area (Å²) < 4.78 is 39.3. The fourth-order valence-electron chi connectivity index (χ4n) is 1.72. The molecule has 0 aliphatic carbocycles. The molecule has 0 aliphatic rings. The van der Waals surface area contributed by atoms with Gasteiger partial charge in [-0.05, 0) is 30.3 Å². The van der Waals surface area contributed by atoms with Crippen molar-refractivity contribution in [3.8, 4) is 0 Å². The van der Waals surface area contributed by atoms with Gasteiger partial charge < -0.3 is 10.6 Å². The highest BCUT2D eigenvalue weighted by molar-refractivity contribution is 6.42. The maximum absolute atomic E-state index is 13.4. The summed E-state index contributed by atoms with van der Waals surface area (Å²) in [5, 5.41) is 4.72. The fourth-order valence-corrected chi connectivity index (χ4v) is 2.01. The lowest BCUT2D eigenvalue weighted by Crippen LogP contribution is -2.33. The van der Waals surface area contributed by atoms with Gasteiger partial charge in [0.05, 0.1) is 22.3 Å². The Labute approximate surface area is 144 Å². The average molecular weight is 377 g/mol. The molecule has 0 radical (unpaired) electrons. The van der Waals surface area contributed by atoms with Crippen LogP contribution in [-0.2, 0) is 4.79 Å². The Morgan fingerprint density at radius 1 is 0.958 bits per heavy atom.